The zero-order valence-corrected chi connectivity index (χ0v) is 11.0. The number of carbonyl (C=O) groups is 1. The van der Waals surface area contributed by atoms with Crippen LogP contribution in [0.4, 0.5) is 5.82 Å². The first-order chi connectivity index (χ1) is 8.54. The molecule has 6 heteroatoms. The van der Waals surface area contributed by atoms with E-state index in [4.69, 9.17) is 5.11 Å². The highest BCUT2D eigenvalue weighted by Crippen LogP contribution is 2.19. The van der Waals surface area contributed by atoms with Crippen molar-refractivity contribution in [1.82, 2.24) is 15.5 Å². The second-order valence-corrected chi connectivity index (χ2v) is 4.40. The van der Waals surface area contributed by atoms with Gasteiger partial charge in [0, 0.05) is 19.2 Å². The Labute approximate surface area is 107 Å². The highest BCUT2D eigenvalue weighted by atomic mass is 16.3. The van der Waals surface area contributed by atoms with Crippen molar-refractivity contribution >= 4 is 11.7 Å². The van der Waals surface area contributed by atoms with Crippen LogP contribution in [-0.2, 0) is 0 Å². The molecule has 0 spiro atoms. The van der Waals surface area contributed by atoms with E-state index in [1.807, 2.05) is 13.8 Å². The van der Waals surface area contributed by atoms with Gasteiger partial charge in [0.1, 0.15) is 5.82 Å². The lowest BCUT2D eigenvalue weighted by Crippen LogP contribution is -2.35. The van der Waals surface area contributed by atoms with Crippen LogP contribution in [0.25, 0.3) is 0 Å². The van der Waals surface area contributed by atoms with Crippen LogP contribution in [0, 0.1) is 0 Å². The van der Waals surface area contributed by atoms with Crippen molar-refractivity contribution in [3.8, 4) is 0 Å². The van der Waals surface area contributed by atoms with Gasteiger partial charge in [0.05, 0.1) is 0 Å². The van der Waals surface area contributed by atoms with Crippen LogP contribution in [0.1, 0.15) is 37.2 Å². The molecule has 1 unspecified atom stereocenters. The Morgan fingerprint density at radius 3 is 2.61 bits per heavy atom. The Kier molecular flexibility index (Phi) is 5.03. The molecule has 0 fully saturated rings. The third kappa shape index (κ3) is 3.66. The normalized spacial score (nSPS) is 13.8. The van der Waals surface area contributed by atoms with E-state index in [1.165, 1.54) is 0 Å². The number of aromatic nitrogens is 2. The Morgan fingerprint density at radius 2 is 2.17 bits per heavy atom. The van der Waals surface area contributed by atoms with Crippen LogP contribution in [0.15, 0.2) is 12.1 Å². The van der Waals surface area contributed by atoms with E-state index in [9.17, 15) is 4.79 Å². The molecular weight excluding hydrogens is 232 g/mol. The van der Waals surface area contributed by atoms with Crippen molar-refractivity contribution < 1.29 is 9.90 Å². The summed E-state index contributed by atoms with van der Waals surface area (Å²) in [4.78, 5) is 11.3. The fourth-order valence-corrected chi connectivity index (χ4v) is 1.53. The Balaban J connectivity index is 2.76. The van der Waals surface area contributed by atoms with Crippen molar-refractivity contribution in [2.24, 2.45) is 0 Å². The van der Waals surface area contributed by atoms with E-state index < -0.39 is 0 Å². The molecule has 0 saturated heterocycles. The maximum Gasteiger partial charge on any atom is 0.271 e. The lowest BCUT2D eigenvalue weighted by molar-refractivity contribution is 0.0957. The average Bonchev–Trinajstić information content (AvgIpc) is 2.39. The number of hydrogen-bond donors (Lipinski definition) is 3. The predicted octanol–water partition coefficient (Wildman–Crippen LogP) is 0.799. The van der Waals surface area contributed by atoms with Gasteiger partial charge in [0.2, 0.25) is 0 Å². The standard InChI is InChI=1S/C12H20N4O2/c1-4-12(2,7-8-17)14-10-6-5-9(15-16-10)11(18)13-3/h5-6,17H,4,7-8H2,1-3H3,(H,13,18)(H,14,16). The van der Waals surface area contributed by atoms with Gasteiger partial charge in [0.15, 0.2) is 5.69 Å². The predicted molar refractivity (Wildman–Crippen MR) is 69.4 cm³/mol. The van der Waals surface area contributed by atoms with Gasteiger partial charge in [-0.3, -0.25) is 4.79 Å². The van der Waals surface area contributed by atoms with Crippen LogP contribution in [-0.4, -0.2) is 40.4 Å². The molecule has 0 bridgehead atoms. The molecule has 1 atom stereocenters. The van der Waals surface area contributed by atoms with Gasteiger partial charge in [-0.05, 0) is 31.9 Å². The smallest absolute Gasteiger partial charge is 0.271 e. The minimum absolute atomic E-state index is 0.112. The minimum Gasteiger partial charge on any atom is -0.396 e. The number of anilines is 1. The molecular formula is C12H20N4O2. The molecule has 3 N–H and O–H groups in total. The van der Waals surface area contributed by atoms with Gasteiger partial charge in [-0.25, -0.2) is 0 Å². The first-order valence-electron chi connectivity index (χ1n) is 5.99. The maximum absolute atomic E-state index is 11.3. The highest BCUT2D eigenvalue weighted by Gasteiger charge is 2.21. The van der Waals surface area contributed by atoms with Crippen molar-refractivity contribution in [1.29, 1.82) is 0 Å². The van der Waals surface area contributed by atoms with E-state index in [-0.39, 0.29) is 23.7 Å². The number of aliphatic hydroxyl groups is 1. The summed E-state index contributed by atoms with van der Waals surface area (Å²) in [6, 6.07) is 3.33. The van der Waals surface area contributed by atoms with Crippen LogP contribution < -0.4 is 10.6 Å². The molecule has 0 aromatic carbocycles. The van der Waals surface area contributed by atoms with Crippen LogP contribution in [0.2, 0.25) is 0 Å². The molecule has 6 nitrogen and oxygen atoms in total. The van der Waals surface area contributed by atoms with Gasteiger partial charge in [-0.2, -0.15) is 0 Å². The quantitative estimate of drug-likeness (QED) is 0.697. The van der Waals surface area contributed by atoms with E-state index in [1.54, 1.807) is 19.2 Å². The summed E-state index contributed by atoms with van der Waals surface area (Å²) >= 11 is 0. The number of nitrogens with one attached hydrogen (secondary N) is 2. The van der Waals surface area contributed by atoms with Crippen molar-refractivity contribution in [2.45, 2.75) is 32.2 Å². The second-order valence-electron chi connectivity index (χ2n) is 4.40. The number of hydrogen-bond acceptors (Lipinski definition) is 5. The molecule has 0 aliphatic rings. The summed E-state index contributed by atoms with van der Waals surface area (Å²) in [6.07, 6.45) is 1.48. The topological polar surface area (TPSA) is 87.1 Å². The lowest BCUT2D eigenvalue weighted by Gasteiger charge is -2.29. The number of amides is 1. The molecule has 0 aliphatic carbocycles. The number of nitrogens with zero attached hydrogens (tertiary/aromatic N) is 2. The lowest BCUT2D eigenvalue weighted by atomic mass is 9.95. The summed E-state index contributed by atoms with van der Waals surface area (Å²) in [6.45, 7) is 4.16. The van der Waals surface area contributed by atoms with Gasteiger partial charge >= 0.3 is 0 Å². The number of carbonyl (C=O) groups excluding carboxylic acids is 1. The summed E-state index contributed by atoms with van der Waals surface area (Å²) in [7, 11) is 1.55. The average molecular weight is 252 g/mol. The van der Waals surface area contributed by atoms with Crippen molar-refractivity contribution in [3.63, 3.8) is 0 Å². The molecule has 1 aromatic heterocycles. The summed E-state index contributed by atoms with van der Waals surface area (Å²) in [5, 5.41) is 22.5. The number of aliphatic hydroxyl groups excluding tert-OH is 1. The summed E-state index contributed by atoms with van der Waals surface area (Å²) in [5.74, 6) is 0.336. The molecule has 100 valence electrons. The fourth-order valence-electron chi connectivity index (χ4n) is 1.53. The van der Waals surface area contributed by atoms with E-state index in [0.29, 0.717) is 12.2 Å². The third-order valence-corrected chi connectivity index (χ3v) is 3.00. The fraction of sp³-hybridized carbons (Fsp3) is 0.583. The van der Waals surface area contributed by atoms with Crippen molar-refractivity contribution in [3.05, 3.63) is 17.8 Å². The zero-order chi connectivity index (χ0) is 13.6. The zero-order valence-electron chi connectivity index (χ0n) is 11.0. The SMILES string of the molecule is CCC(C)(CCO)Nc1ccc(C(=O)NC)nn1. The Bertz CT molecular complexity index is 394. The van der Waals surface area contributed by atoms with Gasteiger partial charge < -0.3 is 15.7 Å². The largest absolute Gasteiger partial charge is 0.396 e. The first kappa shape index (κ1) is 14.4. The van der Waals surface area contributed by atoms with Gasteiger partial charge in [0.25, 0.3) is 5.91 Å². The monoisotopic (exact) mass is 252 g/mol. The Morgan fingerprint density at radius 1 is 1.44 bits per heavy atom. The van der Waals surface area contributed by atoms with Crippen molar-refractivity contribution in [2.75, 3.05) is 19.0 Å². The van der Waals surface area contributed by atoms with E-state index in [0.717, 1.165) is 6.42 Å². The third-order valence-electron chi connectivity index (χ3n) is 3.00. The first-order valence-corrected chi connectivity index (χ1v) is 5.99. The molecule has 0 saturated carbocycles. The number of rotatable bonds is 6. The maximum atomic E-state index is 11.3. The molecule has 1 aromatic rings. The van der Waals surface area contributed by atoms with Crippen LogP contribution >= 0.6 is 0 Å². The van der Waals surface area contributed by atoms with E-state index >= 15 is 0 Å². The molecule has 1 heterocycles. The minimum atomic E-state index is -0.261. The van der Waals surface area contributed by atoms with Crippen LogP contribution in [0.5, 0.6) is 0 Å². The Hall–Kier alpha value is -1.69. The summed E-state index contributed by atoms with van der Waals surface area (Å²) in [5.41, 5.74) is 0.0567. The van der Waals surface area contributed by atoms with Gasteiger partial charge in [-0.15, -0.1) is 10.2 Å². The molecule has 1 rings (SSSR count). The second kappa shape index (κ2) is 6.30. The highest BCUT2D eigenvalue weighted by molar-refractivity contribution is 5.91. The molecule has 0 aliphatic heterocycles. The summed E-state index contributed by atoms with van der Waals surface area (Å²) < 4.78 is 0. The van der Waals surface area contributed by atoms with Gasteiger partial charge in [-0.1, -0.05) is 6.92 Å². The molecule has 18 heavy (non-hydrogen) atoms. The molecule has 0 radical (unpaired) electrons. The van der Waals surface area contributed by atoms with Crippen LogP contribution in [0.3, 0.4) is 0 Å². The molecule has 1 amide bonds. The van der Waals surface area contributed by atoms with E-state index in [2.05, 4.69) is 20.8 Å².